The fourth-order valence-corrected chi connectivity index (χ4v) is 2.04. The minimum absolute atomic E-state index is 0.383. The van der Waals surface area contributed by atoms with Gasteiger partial charge in [0, 0.05) is 18.7 Å². The van der Waals surface area contributed by atoms with Gasteiger partial charge in [0.05, 0.1) is 6.20 Å². The lowest BCUT2D eigenvalue weighted by Gasteiger charge is -2.19. The number of hydrogen-bond donors (Lipinski definition) is 1. The molecule has 6 heteroatoms. The first kappa shape index (κ1) is 10.3. The summed E-state index contributed by atoms with van der Waals surface area (Å²) in [6.45, 7) is 2.03. The van der Waals surface area contributed by atoms with Crippen molar-refractivity contribution in [1.82, 2.24) is 30.5 Å². The maximum Gasteiger partial charge on any atom is 0.179 e. The van der Waals surface area contributed by atoms with Crippen LogP contribution in [0.25, 0.3) is 5.69 Å². The minimum atomic E-state index is 0.383. The van der Waals surface area contributed by atoms with Crippen molar-refractivity contribution in [2.24, 2.45) is 0 Å². The monoisotopic (exact) mass is 230 g/mol. The summed E-state index contributed by atoms with van der Waals surface area (Å²) in [5, 5.41) is 16.0. The van der Waals surface area contributed by atoms with Gasteiger partial charge < -0.3 is 5.32 Å². The average Bonchev–Trinajstić information content (AvgIpc) is 2.90. The minimum Gasteiger partial charge on any atom is -0.316 e. The Hall–Kier alpha value is -1.82. The number of rotatable bonds is 2. The van der Waals surface area contributed by atoms with E-state index in [4.69, 9.17) is 0 Å². The van der Waals surface area contributed by atoms with Crippen LogP contribution in [0.15, 0.2) is 24.5 Å². The molecule has 3 heterocycles. The molecular weight excluding hydrogens is 216 g/mol. The molecule has 1 N–H and O–H groups in total. The van der Waals surface area contributed by atoms with Gasteiger partial charge in [0.2, 0.25) is 0 Å². The zero-order chi connectivity index (χ0) is 11.5. The molecular formula is C11H14N6. The Morgan fingerprint density at radius 3 is 3.18 bits per heavy atom. The molecule has 0 aliphatic carbocycles. The van der Waals surface area contributed by atoms with E-state index in [-0.39, 0.29) is 0 Å². The Kier molecular flexibility index (Phi) is 2.79. The van der Waals surface area contributed by atoms with E-state index < -0.39 is 0 Å². The predicted molar refractivity (Wildman–Crippen MR) is 61.8 cm³/mol. The third-order valence-electron chi connectivity index (χ3n) is 2.97. The topological polar surface area (TPSA) is 68.5 Å². The van der Waals surface area contributed by atoms with Crippen LogP contribution in [0, 0.1) is 0 Å². The second kappa shape index (κ2) is 4.58. The van der Waals surface area contributed by atoms with Gasteiger partial charge in [0.1, 0.15) is 5.69 Å². The molecule has 6 nitrogen and oxygen atoms in total. The third-order valence-corrected chi connectivity index (χ3v) is 2.97. The highest BCUT2D eigenvalue weighted by atomic mass is 15.6. The molecule has 1 atom stereocenters. The third kappa shape index (κ3) is 2.16. The van der Waals surface area contributed by atoms with Crippen LogP contribution in [0.2, 0.25) is 0 Å². The van der Waals surface area contributed by atoms with Crippen molar-refractivity contribution in [3.8, 4) is 5.69 Å². The lowest BCUT2D eigenvalue weighted by Crippen LogP contribution is -2.29. The lowest BCUT2D eigenvalue weighted by atomic mass is 9.99. The van der Waals surface area contributed by atoms with Crippen LogP contribution in [0.4, 0.5) is 0 Å². The van der Waals surface area contributed by atoms with E-state index in [0.717, 1.165) is 31.0 Å². The second-order valence-corrected chi connectivity index (χ2v) is 4.19. The molecule has 3 rings (SSSR count). The molecule has 88 valence electrons. The van der Waals surface area contributed by atoms with Gasteiger partial charge >= 0.3 is 0 Å². The molecule has 0 bridgehead atoms. The van der Waals surface area contributed by atoms with Crippen molar-refractivity contribution in [1.29, 1.82) is 0 Å². The van der Waals surface area contributed by atoms with Crippen molar-refractivity contribution in [3.05, 3.63) is 30.4 Å². The molecule has 1 saturated heterocycles. The van der Waals surface area contributed by atoms with E-state index >= 15 is 0 Å². The number of nitrogens with zero attached hydrogens (tertiary/aromatic N) is 5. The van der Waals surface area contributed by atoms with Crippen molar-refractivity contribution < 1.29 is 0 Å². The van der Waals surface area contributed by atoms with Crippen LogP contribution < -0.4 is 5.32 Å². The van der Waals surface area contributed by atoms with Crippen LogP contribution in [-0.2, 0) is 0 Å². The van der Waals surface area contributed by atoms with Gasteiger partial charge in [-0.15, -0.1) is 15.0 Å². The smallest absolute Gasteiger partial charge is 0.179 e. The summed E-state index contributed by atoms with van der Waals surface area (Å²) in [5.74, 6) is 1.20. The highest BCUT2D eigenvalue weighted by molar-refractivity contribution is 5.23. The van der Waals surface area contributed by atoms with Crippen molar-refractivity contribution >= 4 is 0 Å². The Bertz CT molecular complexity index is 474. The van der Waals surface area contributed by atoms with Crippen molar-refractivity contribution in [2.75, 3.05) is 13.1 Å². The van der Waals surface area contributed by atoms with Crippen molar-refractivity contribution in [2.45, 2.75) is 18.8 Å². The standard InChI is InChI=1S/C11H14N6/c1-3-9(7-12-5-1)11-14-16-17(15-11)10-4-2-6-13-8-10/h2,4,6,8-9,12H,1,3,5,7H2. The summed E-state index contributed by atoms with van der Waals surface area (Å²) in [4.78, 5) is 5.58. The van der Waals surface area contributed by atoms with E-state index in [1.54, 1.807) is 12.4 Å². The fraction of sp³-hybridized carbons (Fsp3) is 0.455. The lowest BCUT2D eigenvalue weighted by molar-refractivity contribution is 0.446. The molecule has 0 spiro atoms. The molecule has 0 saturated carbocycles. The van der Waals surface area contributed by atoms with Gasteiger partial charge in [-0.1, -0.05) is 0 Å². The maximum atomic E-state index is 4.42. The van der Waals surface area contributed by atoms with Gasteiger partial charge in [-0.25, -0.2) is 0 Å². The Morgan fingerprint density at radius 1 is 1.41 bits per heavy atom. The number of piperidine rings is 1. The SMILES string of the molecule is c1cncc(-n2nnc(C3CCCNC3)n2)c1. The predicted octanol–water partition coefficient (Wildman–Crippen LogP) is 0.524. The second-order valence-electron chi connectivity index (χ2n) is 4.19. The number of tetrazole rings is 1. The number of hydrogen-bond acceptors (Lipinski definition) is 5. The van der Waals surface area contributed by atoms with Gasteiger partial charge in [-0.05, 0) is 36.7 Å². The molecule has 0 radical (unpaired) electrons. The van der Waals surface area contributed by atoms with Gasteiger partial charge in [-0.2, -0.15) is 0 Å². The van der Waals surface area contributed by atoms with Crippen LogP contribution in [0.5, 0.6) is 0 Å². The quantitative estimate of drug-likeness (QED) is 0.814. The van der Waals surface area contributed by atoms with Crippen LogP contribution in [0.1, 0.15) is 24.6 Å². The van der Waals surface area contributed by atoms with Crippen LogP contribution >= 0.6 is 0 Å². The number of pyridine rings is 1. The van der Waals surface area contributed by atoms with Crippen LogP contribution in [0.3, 0.4) is 0 Å². The number of aromatic nitrogens is 5. The normalized spacial score (nSPS) is 20.4. The molecule has 2 aromatic heterocycles. The number of nitrogens with one attached hydrogen (secondary N) is 1. The van der Waals surface area contributed by atoms with E-state index in [9.17, 15) is 0 Å². The Labute approximate surface area is 99.1 Å². The molecule has 0 amide bonds. The first-order chi connectivity index (χ1) is 8.43. The molecule has 1 unspecified atom stereocenters. The summed E-state index contributed by atoms with van der Waals surface area (Å²) < 4.78 is 0. The Balaban J connectivity index is 1.83. The average molecular weight is 230 g/mol. The molecule has 1 fully saturated rings. The first-order valence-electron chi connectivity index (χ1n) is 5.84. The van der Waals surface area contributed by atoms with E-state index in [1.807, 2.05) is 12.1 Å². The summed E-state index contributed by atoms with van der Waals surface area (Å²) >= 11 is 0. The summed E-state index contributed by atoms with van der Waals surface area (Å²) in [6.07, 6.45) is 5.76. The summed E-state index contributed by atoms with van der Waals surface area (Å²) in [6, 6.07) is 3.78. The largest absolute Gasteiger partial charge is 0.316 e. The van der Waals surface area contributed by atoms with E-state index in [1.165, 1.54) is 11.2 Å². The maximum absolute atomic E-state index is 4.42. The van der Waals surface area contributed by atoms with Gasteiger partial charge in [0.15, 0.2) is 5.82 Å². The van der Waals surface area contributed by atoms with Gasteiger partial charge in [-0.3, -0.25) is 4.98 Å². The van der Waals surface area contributed by atoms with Crippen molar-refractivity contribution in [3.63, 3.8) is 0 Å². The molecule has 17 heavy (non-hydrogen) atoms. The molecule has 1 aliphatic rings. The zero-order valence-corrected chi connectivity index (χ0v) is 9.45. The van der Waals surface area contributed by atoms with Gasteiger partial charge in [0.25, 0.3) is 0 Å². The van der Waals surface area contributed by atoms with E-state index in [0.29, 0.717) is 5.92 Å². The summed E-state index contributed by atoms with van der Waals surface area (Å²) in [7, 11) is 0. The molecule has 2 aromatic rings. The Morgan fingerprint density at radius 2 is 2.41 bits per heavy atom. The first-order valence-corrected chi connectivity index (χ1v) is 5.84. The zero-order valence-electron chi connectivity index (χ0n) is 9.45. The van der Waals surface area contributed by atoms with Crippen LogP contribution in [-0.4, -0.2) is 38.3 Å². The van der Waals surface area contributed by atoms with E-state index in [2.05, 4.69) is 25.7 Å². The molecule has 1 aliphatic heterocycles. The summed E-state index contributed by atoms with van der Waals surface area (Å²) in [5.41, 5.74) is 0.843. The molecule has 0 aromatic carbocycles. The highest BCUT2D eigenvalue weighted by Crippen LogP contribution is 2.19. The highest BCUT2D eigenvalue weighted by Gasteiger charge is 2.20. The fourth-order valence-electron chi connectivity index (χ4n) is 2.04.